The van der Waals surface area contributed by atoms with Gasteiger partial charge < -0.3 is 29.9 Å². The maximum atomic E-state index is 12.2. The number of hydrogen-bond acceptors (Lipinski definition) is 7. The molecule has 4 N–H and O–H groups in total. The van der Waals surface area contributed by atoms with E-state index in [1.165, 1.54) is 6.92 Å². The van der Waals surface area contributed by atoms with Gasteiger partial charge in [0, 0.05) is 0 Å². The molecule has 0 amide bonds. The van der Waals surface area contributed by atoms with Crippen molar-refractivity contribution in [1.29, 1.82) is 0 Å². The van der Waals surface area contributed by atoms with Crippen molar-refractivity contribution >= 4 is 17.9 Å². The Bertz CT molecular complexity index is 1010. The molecule has 0 saturated heterocycles. The first-order valence-electron chi connectivity index (χ1n) is 11.0. The largest absolute Gasteiger partial charge is 0.480 e. The summed E-state index contributed by atoms with van der Waals surface area (Å²) in [6.07, 6.45) is -3.03. The van der Waals surface area contributed by atoms with Crippen molar-refractivity contribution in [3.8, 4) is 0 Å². The van der Waals surface area contributed by atoms with Crippen LogP contribution in [0, 0.1) is 0 Å². The molecule has 0 aromatic heterocycles. The van der Waals surface area contributed by atoms with Crippen LogP contribution >= 0.6 is 0 Å². The second-order valence-electron chi connectivity index (χ2n) is 7.58. The summed E-state index contributed by atoms with van der Waals surface area (Å²) in [6.45, 7) is 0.0415. The van der Waals surface area contributed by atoms with Gasteiger partial charge in [-0.15, -0.1) is 0 Å². The molecule has 9 nitrogen and oxygen atoms in total. The van der Waals surface area contributed by atoms with Crippen LogP contribution in [-0.2, 0) is 29.5 Å². The molecule has 3 rings (SSSR count). The first-order valence-corrected chi connectivity index (χ1v) is 11.0. The van der Waals surface area contributed by atoms with E-state index in [0.717, 1.165) is 16.7 Å². The average molecular weight is 497 g/mol. The number of benzene rings is 3. The lowest BCUT2D eigenvalue weighted by Crippen LogP contribution is -2.39. The zero-order valence-electron chi connectivity index (χ0n) is 19.6. The number of carbonyl (C=O) groups is 3. The Labute approximate surface area is 208 Å². The minimum Gasteiger partial charge on any atom is -0.480 e. The van der Waals surface area contributed by atoms with Crippen molar-refractivity contribution in [3.63, 3.8) is 0 Å². The lowest BCUT2D eigenvalue weighted by atomic mass is 9.80. The Hall–Kier alpha value is -4.05. The van der Waals surface area contributed by atoms with Gasteiger partial charge in [-0.25, -0.2) is 14.4 Å². The van der Waals surface area contributed by atoms with E-state index >= 15 is 0 Å². The standard InChI is InChI=1S/C25H24O6.C2H4O3/c1-18(23(27)28)31-24(29)22(26)17-30-25(19-11-5-2-6-12-19,20-13-7-3-8-14-20)21-15-9-4-10-16-21;3-1-2(4)5/h2-16,18,22,26H,17H2,1H3,(H,27,28);3H,1H2,(H,4,5). The molecule has 0 bridgehead atoms. The minimum absolute atomic E-state index is 0.399. The second kappa shape index (κ2) is 13.7. The molecule has 0 heterocycles. The molecule has 36 heavy (non-hydrogen) atoms. The van der Waals surface area contributed by atoms with Crippen molar-refractivity contribution in [2.45, 2.75) is 24.7 Å². The topological polar surface area (TPSA) is 151 Å². The van der Waals surface area contributed by atoms with Crippen LogP contribution < -0.4 is 0 Å². The molecule has 190 valence electrons. The molecule has 0 aliphatic rings. The first-order chi connectivity index (χ1) is 17.2. The van der Waals surface area contributed by atoms with Crippen molar-refractivity contribution in [2.24, 2.45) is 0 Å². The molecule has 0 aliphatic carbocycles. The van der Waals surface area contributed by atoms with E-state index < -0.39 is 48.9 Å². The van der Waals surface area contributed by atoms with E-state index in [4.69, 9.17) is 29.6 Å². The van der Waals surface area contributed by atoms with Gasteiger partial charge in [-0.05, 0) is 23.6 Å². The highest BCUT2D eigenvalue weighted by molar-refractivity contribution is 5.80. The molecule has 0 aliphatic heterocycles. The maximum Gasteiger partial charge on any atom is 0.344 e. The van der Waals surface area contributed by atoms with Gasteiger partial charge in [-0.2, -0.15) is 0 Å². The van der Waals surface area contributed by atoms with Crippen LogP contribution in [-0.4, -0.2) is 63.8 Å². The fourth-order valence-electron chi connectivity index (χ4n) is 3.34. The van der Waals surface area contributed by atoms with E-state index in [1.54, 1.807) is 0 Å². The van der Waals surface area contributed by atoms with Crippen LogP contribution in [0.4, 0.5) is 0 Å². The van der Waals surface area contributed by atoms with Gasteiger partial charge in [0.2, 0.25) is 0 Å². The van der Waals surface area contributed by atoms with Gasteiger partial charge in [0.1, 0.15) is 12.2 Å². The summed E-state index contributed by atoms with van der Waals surface area (Å²) in [5, 5.41) is 34.3. The molecular formula is C27H28O9. The van der Waals surface area contributed by atoms with Crippen molar-refractivity contribution in [3.05, 3.63) is 108 Å². The molecule has 2 unspecified atom stereocenters. The minimum atomic E-state index is -1.66. The Morgan fingerprint density at radius 2 is 1.14 bits per heavy atom. The van der Waals surface area contributed by atoms with Crippen LogP contribution in [0.1, 0.15) is 23.6 Å². The third-order valence-electron chi connectivity index (χ3n) is 5.05. The highest BCUT2D eigenvalue weighted by Crippen LogP contribution is 2.40. The Kier molecular flexibility index (Phi) is 10.8. The first kappa shape index (κ1) is 28.2. The third-order valence-corrected chi connectivity index (χ3v) is 5.05. The number of aliphatic hydroxyl groups excluding tert-OH is 2. The van der Waals surface area contributed by atoms with E-state index in [0.29, 0.717) is 0 Å². The van der Waals surface area contributed by atoms with Gasteiger partial charge in [-0.1, -0.05) is 91.0 Å². The number of aliphatic hydroxyl groups is 2. The molecule has 0 radical (unpaired) electrons. The smallest absolute Gasteiger partial charge is 0.344 e. The summed E-state index contributed by atoms with van der Waals surface area (Å²) in [7, 11) is 0. The Balaban J connectivity index is 0.000000830. The number of carboxylic acids is 2. The normalized spacial score (nSPS) is 12.4. The van der Waals surface area contributed by atoms with Gasteiger partial charge >= 0.3 is 17.9 Å². The fourth-order valence-corrected chi connectivity index (χ4v) is 3.34. The van der Waals surface area contributed by atoms with Crippen molar-refractivity contribution < 1.29 is 44.3 Å². The fraction of sp³-hybridized carbons (Fsp3) is 0.222. The summed E-state index contributed by atoms with van der Waals surface area (Å²) in [5.41, 5.74) is 1.33. The van der Waals surface area contributed by atoms with E-state index in [9.17, 15) is 14.7 Å². The van der Waals surface area contributed by atoms with Crippen LogP contribution in [0.15, 0.2) is 91.0 Å². The lowest BCUT2D eigenvalue weighted by molar-refractivity contribution is -0.172. The van der Waals surface area contributed by atoms with E-state index in [2.05, 4.69) is 0 Å². The molecule has 2 atom stereocenters. The Morgan fingerprint density at radius 3 is 1.44 bits per heavy atom. The van der Waals surface area contributed by atoms with Crippen LogP contribution in [0.5, 0.6) is 0 Å². The second-order valence-corrected chi connectivity index (χ2v) is 7.58. The van der Waals surface area contributed by atoms with E-state index in [1.807, 2.05) is 91.0 Å². The van der Waals surface area contributed by atoms with E-state index in [-0.39, 0.29) is 0 Å². The number of esters is 1. The highest BCUT2D eigenvalue weighted by atomic mass is 16.6. The summed E-state index contributed by atoms with van der Waals surface area (Å²) >= 11 is 0. The highest BCUT2D eigenvalue weighted by Gasteiger charge is 2.39. The molecule has 0 fully saturated rings. The summed E-state index contributed by atoms with van der Waals surface area (Å²) < 4.78 is 11.1. The molecule has 3 aromatic carbocycles. The SMILES string of the molecule is CC(OC(=O)C(O)COC(c1ccccc1)(c1ccccc1)c1ccccc1)C(=O)O.O=C(O)CO. The number of rotatable bonds is 10. The quantitative estimate of drug-likeness (QED) is 0.245. The van der Waals surface area contributed by atoms with Crippen LogP contribution in [0.25, 0.3) is 0 Å². The maximum absolute atomic E-state index is 12.2. The molecule has 0 spiro atoms. The molecular weight excluding hydrogens is 468 g/mol. The van der Waals surface area contributed by atoms with Crippen molar-refractivity contribution in [2.75, 3.05) is 13.2 Å². The summed E-state index contributed by atoms with van der Waals surface area (Å²) in [6, 6.07) is 28.5. The van der Waals surface area contributed by atoms with Gasteiger partial charge in [0.15, 0.2) is 12.2 Å². The molecule has 0 saturated carbocycles. The third kappa shape index (κ3) is 7.47. The van der Waals surface area contributed by atoms with Gasteiger partial charge in [0.25, 0.3) is 0 Å². The predicted molar refractivity (Wildman–Crippen MR) is 129 cm³/mol. The molecule has 9 heteroatoms. The van der Waals surface area contributed by atoms with Crippen LogP contribution in [0.3, 0.4) is 0 Å². The zero-order valence-corrected chi connectivity index (χ0v) is 19.6. The monoisotopic (exact) mass is 496 g/mol. The summed E-state index contributed by atoms with van der Waals surface area (Å²) in [4.78, 5) is 32.2. The summed E-state index contributed by atoms with van der Waals surface area (Å²) in [5.74, 6) is -3.54. The number of ether oxygens (including phenoxy) is 2. The Morgan fingerprint density at radius 1 is 0.778 bits per heavy atom. The lowest BCUT2D eigenvalue weighted by Gasteiger charge is -2.36. The molecule has 3 aromatic rings. The van der Waals surface area contributed by atoms with Gasteiger partial charge in [0.05, 0.1) is 6.61 Å². The van der Waals surface area contributed by atoms with Crippen molar-refractivity contribution in [1.82, 2.24) is 0 Å². The predicted octanol–water partition coefficient (Wildman–Crippen LogP) is 2.44. The number of aliphatic carboxylic acids is 2. The average Bonchev–Trinajstić information content (AvgIpc) is 2.91. The number of carboxylic acid groups (broad SMARTS) is 2. The van der Waals surface area contributed by atoms with Crippen LogP contribution in [0.2, 0.25) is 0 Å². The number of hydrogen-bond donors (Lipinski definition) is 4. The van der Waals surface area contributed by atoms with Gasteiger partial charge in [-0.3, -0.25) is 0 Å². The zero-order chi connectivity index (χ0) is 26.6. The number of carbonyl (C=O) groups excluding carboxylic acids is 1.